The highest BCUT2D eigenvalue weighted by Crippen LogP contribution is 2.36. The molecule has 5 nitrogen and oxygen atoms in total. The number of rotatable bonds is 5. The first-order valence-electron chi connectivity index (χ1n) is 11.9. The van der Waals surface area contributed by atoms with Crippen molar-refractivity contribution in [3.8, 4) is 5.75 Å². The summed E-state index contributed by atoms with van der Waals surface area (Å²) in [4.78, 5) is 8.58. The van der Waals surface area contributed by atoms with Gasteiger partial charge in [-0.1, -0.05) is 32.2 Å². The van der Waals surface area contributed by atoms with Gasteiger partial charge in [-0.15, -0.1) is 0 Å². The number of halogens is 3. The molecule has 2 aromatic rings. The van der Waals surface area contributed by atoms with E-state index in [2.05, 4.69) is 61.6 Å². The van der Waals surface area contributed by atoms with Gasteiger partial charge in [0.05, 0.1) is 5.69 Å². The molecule has 37 heavy (non-hydrogen) atoms. The van der Waals surface area contributed by atoms with Crippen LogP contribution in [0.2, 0.25) is 0 Å². The van der Waals surface area contributed by atoms with Crippen LogP contribution in [0.4, 0.5) is 18.9 Å². The Morgan fingerprint density at radius 3 is 2.43 bits per heavy atom. The summed E-state index contributed by atoms with van der Waals surface area (Å²) >= 11 is 0. The summed E-state index contributed by atoms with van der Waals surface area (Å²) in [6, 6.07) is 7.77. The second-order valence-electron chi connectivity index (χ2n) is 8.63. The maximum Gasteiger partial charge on any atom is 0.204 e. The molecule has 0 bridgehead atoms. The van der Waals surface area contributed by atoms with E-state index < -0.39 is 17.5 Å². The number of amides is 1. The SMILES string of the molecule is C=C/C=C(/Oc1ccc2c(c1)C(C)CC2)C1=C(C)NC(=C)CC1.CNc1cc(F)c(F)cc1F.NC=O. The highest BCUT2D eigenvalue weighted by atomic mass is 19.2. The summed E-state index contributed by atoms with van der Waals surface area (Å²) in [6.45, 7) is 12.2. The number of anilines is 1. The van der Waals surface area contributed by atoms with Gasteiger partial charge < -0.3 is 21.1 Å². The van der Waals surface area contributed by atoms with Crippen molar-refractivity contribution in [2.45, 2.75) is 45.4 Å². The van der Waals surface area contributed by atoms with Gasteiger partial charge in [-0.25, -0.2) is 13.2 Å². The maximum atomic E-state index is 12.6. The van der Waals surface area contributed by atoms with E-state index in [0.29, 0.717) is 12.0 Å². The van der Waals surface area contributed by atoms with Gasteiger partial charge in [0.15, 0.2) is 11.6 Å². The zero-order chi connectivity index (χ0) is 27.5. The quantitative estimate of drug-likeness (QED) is 0.182. The van der Waals surface area contributed by atoms with Crippen LogP contribution >= 0.6 is 0 Å². The fourth-order valence-electron chi connectivity index (χ4n) is 4.17. The second-order valence-corrected chi connectivity index (χ2v) is 8.63. The van der Waals surface area contributed by atoms with Crippen LogP contribution in [0, 0.1) is 17.5 Å². The first-order valence-corrected chi connectivity index (χ1v) is 11.9. The Labute approximate surface area is 216 Å². The molecule has 1 atom stereocenters. The first kappa shape index (κ1) is 29.3. The Morgan fingerprint density at radius 1 is 1.14 bits per heavy atom. The van der Waals surface area contributed by atoms with Crippen molar-refractivity contribution in [3.05, 3.63) is 107 Å². The molecule has 4 rings (SSSR count). The normalized spacial score (nSPS) is 16.3. The minimum absolute atomic E-state index is 0.0519. The van der Waals surface area contributed by atoms with E-state index in [-0.39, 0.29) is 12.1 Å². The lowest BCUT2D eigenvalue weighted by atomic mass is 10.00. The van der Waals surface area contributed by atoms with Gasteiger partial charge in [-0.05, 0) is 67.9 Å². The Morgan fingerprint density at radius 2 is 1.81 bits per heavy atom. The molecule has 1 aliphatic heterocycles. The molecule has 0 aromatic heterocycles. The number of allylic oxidation sites excluding steroid dienone is 5. The molecular weight excluding hydrogens is 479 g/mol. The minimum atomic E-state index is -1.18. The number of benzene rings is 2. The highest BCUT2D eigenvalue weighted by molar-refractivity contribution is 5.45. The summed E-state index contributed by atoms with van der Waals surface area (Å²) in [5, 5.41) is 5.71. The Balaban J connectivity index is 0.000000287. The lowest BCUT2D eigenvalue weighted by molar-refractivity contribution is -0.106. The molecule has 1 amide bonds. The third-order valence-corrected chi connectivity index (χ3v) is 6.06. The van der Waals surface area contributed by atoms with Crippen molar-refractivity contribution in [1.82, 2.24) is 5.32 Å². The predicted molar refractivity (Wildman–Crippen MR) is 142 cm³/mol. The van der Waals surface area contributed by atoms with Crippen LogP contribution in [-0.2, 0) is 11.2 Å². The number of carbonyl (C=O) groups excluding carboxylic acids is 1. The summed E-state index contributed by atoms with van der Waals surface area (Å²) in [5.41, 5.74) is 10.4. The molecule has 198 valence electrons. The zero-order valence-corrected chi connectivity index (χ0v) is 21.5. The fourth-order valence-corrected chi connectivity index (χ4v) is 4.17. The fraction of sp³-hybridized carbons (Fsp3) is 0.276. The number of nitrogens with two attached hydrogens (primary N) is 1. The summed E-state index contributed by atoms with van der Waals surface area (Å²) < 4.78 is 43.4. The molecule has 1 aliphatic carbocycles. The van der Waals surface area contributed by atoms with E-state index in [1.54, 1.807) is 6.08 Å². The average molecular weight is 514 g/mol. The van der Waals surface area contributed by atoms with Gasteiger partial charge in [0, 0.05) is 36.1 Å². The van der Waals surface area contributed by atoms with E-state index in [1.807, 2.05) is 6.08 Å². The number of fused-ring (bicyclic) bond motifs is 1. The van der Waals surface area contributed by atoms with Gasteiger partial charge in [0.25, 0.3) is 0 Å². The van der Waals surface area contributed by atoms with Crippen LogP contribution in [0.15, 0.2) is 78.4 Å². The van der Waals surface area contributed by atoms with E-state index in [0.717, 1.165) is 41.8 Å². The summed E-state index contributed by atoms with van der Waals surface area (Å²) in [6.07, 6.45) is 8.29. The van der Waals surface area contributed by atoms with E-state index in [1.165, 1.54) is 36.6 Å². The van der Waals surface area contributed by atoms with Crippen molar-refractivity contribution in [2.75, 3.05) is 12.4 Å². The van der Waals surface area contributed by atoms with Gasteiger partial charge in [0.1, 0.15) is 17.3 Å². The smallest absolute Gasteiger partial charge is 0.204 e. The number of hydrogen-bond donors (Lipinski definition) is 3. The standard InChI is InChI=1S/C21H25NO.C7H6F3N.CH3NO/c1-5-6-21(19-12-8-15(3)22-16(19)4)23-18-11-10-17-9-7-14(2)20(17)13-18;1-11-7-3-5(9)4(8)2-6(7)10;2-1-3/h5-6,10-11,13-14,22H,1,3,7-9,12H2,2,4H3;2-3,11H,1H3;1H,(H2,2,3)/b21-6+;;. The third-order valence-electron chi connectivity index (χ3n) is 6.06. The molecule has 1 unspecified atom stereocenters. The molecular formula is C29H34F3N3O2. The molecule has 0 fully saturated rings. The van der Waals surface area contributed by atoms with Crippen LogP contribution < -0.4 is 21.1 Å². The number of aryl methyl sites for hydroxylation is 1. The molecule has 0 saturated heterocycles. The monoisotopic (exact) mass is 513 g/mol. The molecule has 4 N–H and O–H groups in total. The van der Waals surface area contributed by atoms with Crippen LogP contribution in [0.1, 0.15) is 50.2 Å². The lowest BCUT2D eigenvalue weighted by Crippen LogP contribution is -2.19. The van der Waals surface area contributed by atoms with Gasteiger partial charge >= 0.3 is 0 Å². The van der Waals surface area contributed by atoms with Gasteiger partial charge in [-0.2, -0.15) is 0 Å². The molecule has 0 saturated carbocycles. The summed E-state index contributed by atoms with van der Waals surface area (Å²) in [5.74, 6) is -0.622. The zero-order valence-electron chi connectivity index (χ0n) is 21.5. The molecule has 8 heteroatoms. The number of primary amides is 1. The predicted octanol–water partition coefficient (Wildman–Crippen LogP) is 6.60. The van der Waals surface area contributed by atoms with Crippen LogP contribution in [0.25, 0.3) is 0 Å². The summed E-state index contributed by atoms with van der Waals surface area (Å²) in [7, 11) is 1.43. The lowest BCUT2D eigenvalue weighted by Gasteiger charge is -2.23. The number of carbonyl (C=O) groups is 1. The first-order chi connectivity index (χ1) is 17.6. The van der Waals surface area contributed by atoms with Crippen LogP contribution in [-0.4, -0.2) is 13.5 Å². The Bertz CT molecular complexity index is 1210. The average Bonchev–Trinajstić information content (AvgIpc) is 3.22. The maximum absolute atomic E-state index is 12.6. The van der Waals surface area contributed by atoms with Gasteiger partial charge in [-0.3, -0.25) is 4.79 Å². The van der Waals surface area contributed by atoms with E-state index in [9.17, 15) is 13.2 Å². The largest absolute Gasteiger partial charge is 0.457 e. The number of hydrogen-bond acceptors (Lipinski definition) is 4. The molecule has 2 aromatic carbocycles. The Hall–Kier alpha value is -3.94. The molecule has 2 aliphatic rings. The molecule has 1 heterocycles. The second kappa shape index (κ2) is 14.0. The third kappa shape index (κ3) is 8.03. The van der Waals surface area contributed by atoms with Crippen molar-refractivity contribution in [2.24, 2.45) is 5.73 Å². The van der Waals surface area contributed by atoms with Crippen molar-refractivity contribution in [1.29, 1.82) is 0 Å². The minimum Gasteiger partial charge on any atom is -0.457 e. The van der Waals surface area contributed by atoms with Crippen molar-refractivity contribution in [3.63, 3.8) is 0 Å². The van der Waals surface area contributed by atoms with Crippen LogP contribution in [0.3, 0.4) is 0 Å². The van der Waals surface area contributed by atoms with Crippen molar-refractivity contribution < 1.29 is 22.7 Å². The molecule has 0 spiro atoms. The highest BCUT2D eigenvalue weighted by Gasteiger charge is 2.21. The van der Waals surface area contributed by atoms with E-state index >= 15 is 0 Å². The van der Waals surface area contributed by atoms with E-state index in [4.69, 9.17) is 9.53 Å². The number of ether oxygens (including phenoxy) is 1. The van der Waals surface area contributed by atoms with Crippen molar-refractivity contribution >= 4 is 12.1 Å². The van der Waals surface area contributed by atoms with Crippen LogP contribution in [0.5, 0.6) is 5.75 Å². The Kier molecular flexibility index (Phi) is 11.1. The molecule has 0 radical (unpaired) electrons. The number of nitrogens with one attached hydrogen (secondary N) is 2. The topological polar surface area (TPSA) is 76.4 Å². The van der Waals surface area contributed by atoms with Gasteiger partial charge in [0.2, 0.25) is 6.41 Å².